The molecule has 4 nitrogen and oxygen atoms in total. The molecule has 0 aliphatic carbocycles. The maximum Gasteiger partial charge on any atom is 0.129 e. The molecule has 0 amide bonds. The van der Waals surface area contributed by atoms with Gasteiger partial charge in [-0.15, -0.1) is 0 Å². The first-order valence-electron chi connectivity index (χ1n) is 7.75. The van der Waals surface area contributed by atoms with E-state index in [0.717, 1.165) is 38.6 Å². The second kappa shape index (κ2) is 8.05. The van der Waals surface area contributed by atoms with Gasteiger partial charge in [-0.2, -0.15) is 0 Å². The Morgan fingerprint density at radius 1 is 1.19 bits per heavy atom. The Morgan fingerprint density at radius 3 is 2.81 bits per heavy atom. The second-order valence-electron chi connectivity index (χ2n) is 5.31. The summed E-state index contributed by atoms with van der Waals surface area (Å²) in [4.78, 5) is 0. The zero-order valence-electron chi connectivity index (χ0n) is 13.3. The molecular weight excluding hydrogens is 264 g/mol. The molecule has 2 rings (SSSR count). The average Bonchev–Trinajstić information content (AvgIpc) is 2.87. The smallest absolute Gasteiger partial charge is 0.129 e. The Labute approximate surface area is 127 Å². The number of hydrogen-bond acceptors (Lipinski definition) is 3. The number of fused-ring (bicyclic) bond motifs is 1. The standard InChI is InChI=1S/C17H26N2O2/c1-4-20-13-10-18-9-12-19-11-8-15-16(19)6-5-7-17(15)21-14(2)3/h5-8,11,14,18H,4,9-10,12-13H2,1-3H3. The molecule has 2 aromatic rings. The first-order valence-corrected chi connectivity index (χ1v) is 7.75. The van der Waals surface area contributed by atoms with Crippen molar-refractivity contribution in [2.45, 2.75) is 33.4 Å². The topological polar surface area (TPSA) is 35.4 Å². The zero-order chi connectivity index (χ0) is 15.1. The van der Waals surface area contributed by atoms with Crippen molar-refractivity contribution in [3.8, 4) is 5.75 Å². The molecule has 1 aromatic carbocycles. The number of aromatic nitrogens is 1. The van der Waals surface area contributed by atoms with Crippen LogP contribution in [0.15, 0.2) is 30.5 Å². The average molecular weight is 290 g/mol. The normalized spacial score (nSPS) is 11.4. The molecule has 1 N–H and O–H groups in total. The van der Waals surface area contributed by atoms with Gasteiger partial charge in [0.1, 0.15) is 5.75 Å². The fourth-order valence-corrected chi connectivity index (χ4v) is 2.36. The summed E-state index contributed by atoms with van der Waals surface area (Å²) in [6.45, 7) is 10.5. The Hall–Kier alpha value is -1.52. The van der Waals surface area contributed by atoms with E-state index in [1.165, 1.54) is 10.9 Å². The van der Waals surface area contributed by atoms with Gasteiger partial charge in [-0.25, -0.2) is 0 Å². The lowest BCUT2D eigenvalue weighted by molar-refractivity contribution is 0.149. The van der Waals surface area contributed by atoms with Gasteiger partial charge in [0, 0.05) is 37.8 Å². The number of nitrogens with zero attached hydrogens (tertiary/aromatic N) is 1. The number of nitrogens with one attached hydrogen (secondary N) is 1. The van der Waals surface area contributed by atoms with Crippen LogP contribution in [0.4, 0.5) is 0 Å². The number of rotatable bonds is 9. The molecule has 21 heavy (non-hydrogen) atoms. The van der Waals surface area contributed by atoms with Gasteiger partial charge in [0.2, 0.25) is 0 Å². The van der Waals surface area contributed by atoms with Gasteiger partial charge < -0.3 is 19.4 Å². The van der Waals surface area contributed by atoms with E-state index in [1.807, 2.05) is 13.0 Å². The van der Waals surface area contributed by atoms with E-state index in [9.17, 15) is 0 Å². The highest BCUT2D eigenvalue weighted by molar-refractivity contribution is 5.86. The number of hydrogen-bond donors (Lipinski definition) is 1. The molecule has 4 heteroatoms. The van der Waals surface area contributed by atoms with Gasteiger partial charge in [-0.1, -0.05) is 6.07 Å². The van der Waals surface area contributed by atoms with Gasteiger partial charge in [0.15, 0.2) is 0 Å². The van der Waals surface area contributed by atoms with Crippen molar-refractivity contribution in [3.05, 3.63) is 30.5 Å². The van der Waals surface area contributed by atoms with Gasteiger partial charge in [-0.3, -0.25) is 0 Å². The molecule has 1 heterocycles. The van der Waals surface area contributed by atoms with Crippen LogP contribution in [0.2, 0.25) is 0 Å². The van der Waals surface area contributed by atoms with Gasteiger partial charge in [0.25, 0.3) is 0 Å². The Balaban J connectivity index is 1.95. The van der Waals surface area contributed by atoms with Crippen LogP contribution in [0.3, 0.4) is 0 Å². The fourth-order valence-electron chi connectivity index (χ4n) is 2.36. The summed E-state index contributed by atoms with van der Waals surface area (Å²) in [5.74, 6) is 0.963. The van der Waals surface area contributed by atoms with Gasteiger partial charge in [-0.05, 0) is 39.0 Å². The van der Waals surface area contributed by atoms with Crippen LogP contribution in [-0.4, -0.2) is 37.0 Å². The lowest BCUT2D eigenvalue weighted by Gasteiger charge is -2.12. The van der Waals surface area contributed by atoms with Crippen LogP contribution in [0.1, 0.15) is 20.8 Å². The molecule has 0 bridgehead atoms. The SMILES string of the molecule is CCOCCNCCn1ccc2c(OC(C)C)cccc21. The van der Waals surface area contributed by atoms with Crippen LogP contribution in [-0.2, 0) is 11.3 Å². The van der Waals surface area contributed by atoms with E-state index in [-0.39, 0.29) is 6.10 Å². The van der Waals surface area contributed by atoms with Crippen molar-refractivity contribution in [2.75, 3.05) is 26.3 Å². The minimum atomic E-state index is 0.194. The fraction of sp³-hybridized carbons (Fsp3) is 0.529. The van der Waals surface area contributed by atoms with E-state index >= 15 is 0 Å². The van der Waals surface area contributed by atoms with Crippen LogP contribution >= 0.6 is 0 Å². The lowest BCUT2D eigenvalue weighted by Crippen LogP contribution is -2.23. The monoisotopic (exact) mass is 290 g/mol. The third kappa shape index (κ3) is 4.48. The van der Waals surface area contributed by atoms with E-state index in [1.54, 1.807) is 0 Å². The lowest BCUT2D eigenvalue weighted by atomic mass is 10.2. The minimum absolute atomic E-state index is 0.194. The predicted octanol–water partition coefficient (Wildman–Crippen LogP) is 3.05. The van der Waals surface area contributed by atoms with Gasteiger partial charge in [0.05, 0.1) is 18.2 Å². The number of benzene rings is 1. The third-order valence-corrected chi connectivity index (χ3v) is 3.29. The van der Waals surface area contributed by atoms with E-state index in [0.29, 0.717) is 0 Å². The molecule has 0 radical (unpaired) electrons. The highest BCUT2D eigenvalue weighted by Crippen LogP contribution is 2.27. The van der Waals surface area contributed by atoms with Crippen LogP contribution in [0.25, 0.3) is 10.9 Å². The highest BCUT2D eigenvalue weighted by Gasteiger charge is 2.07. The summed E-state index contributed by atoms with van der Waals surface area (Å²) >= 11 is 0. The minimum Gasteiger partial charge on any atom is -0.490 e. The highest BCUT2D eigenvalue weighted by atomic mass is 16.5. The summed E-state index contributed by atoms with van der Waals surface area (Å²) in [7, 11) is 0. The Bertz CT molecular complexity index is 549. The molecule has 0 saturated carbocycles. The molecule has 0 aliphatic rings. The summed E-state index contributed by atoms with van der Waals surface area (Å²) in [6, 6.07) is 8.36. The van der Waals surface area contributed by atoms with Gasteiger partial charge >= 0.3 is 0 Å². The molecule has 0 unspecified atom stereocenters. The van der Waals surface area contributed by atoms with Crippen molar-refractivity contribution in [1.82, 2.24) is 9.88 Å². The summed E-state index contributed by atoms with van der Waals surface area (Å²) < 4.78 is 13.4. The van der Waals surface area contributed by atoms with Crippen molar-refractivity contribution < 1.29 is 9.47 Å². The van der Waals surface area contributed by atoms with Crippen molar-refractivity contribution in [3.63, 3.8) is 0 Å². The van der Waals surface area contributed by atoms with Crippen molar-refractivity contribution in [2.24, 2.45) is 0 Å². The largest absolute Gasteiger partial charge is 0.490 e. The first-order chi connectivity index (χ1) is 10.2. The van der Waals surface area contributed by atoms with E-state index in [2.05, 4.69) is 48.1 Å². The molecule has 1 aromatic heterocycles. The molecule has 0 saturated heterocycles. The second-order valence-corrected chi connectivity index (χ2v) is 5.31. The zero-order valence-corrected chi connectivity index (χ0v) is 13.3. The molecule has 0 aliphatic heterocycles. The maximum atomic E-state index is 5.87. The van der Waals surface area contributed by atoms with E-state index in [4.69, 9.17) is 9.47 Å². The van der Waals surface area contributed by atoms with E-state index < -0.39 is 0 Å². The molecule has 0 spiro atoms. The van der Waals surface area contributed by atoms with Crippen molar-refractivity contribution >= 4 is 10.9 Å². The summed E-state index contributed by atoms with van der Waals surface area (Å²) in [6.07, 6.45) is 2.32. The quantitative estimate of drug-likeness (QED) is 0.721. The van der Waals surface area contributed by atoms with Crippen LogP contribution < -0.4 is 10.1 Å². The van der Waals surface area contributed by atoms with Crippen LogP contribution in [0.5, 0.6) is 5.75 Å². The number of ether oxygens (including phenoxy) is 2. The molecule has 0 fully saturated rings. The van der Waals surface area contributed by atoms with Crippen molar-refractivity contribution in [1.29, 1.82) is 0 Å². The molecular formula is C17H26N2O2. The summed E-state index contributed by atoms with van der Waals surface area (Å²) in [5, 5.41) is 4.57. The third-order valence-electron chi connectivity index (χ3n) is 3.29. The Morgan fingerprint density at radius 2 is 2.05 bits per heavy atom. The molecule has 0 atom stereocenters. The Kier molecular flexibility index (Phi) is 6.08. The predicted molar refractivity (Wildman–Crippen MR) is 87.1 cm³/mol. The maximum absolute atomic E-state index is 5.87. The van der Waals surface area contributed by atoms with Crippen LogP contribution in [0, 0.1) is 0 Å². The molecule has 116 valence electrons. The first kappa shape index (κ1) is 15.9. The summed E-state index contributed by atoms with van der Waals surface area (Å²) in [5.41, 5.74) is 1.22.